The first-order valence-electron chi connectivity index (χ1n) is 7.98. The van der Waals surface area contributed by atoms with Gasteiger partial charge < -0.3 is 15.5 Å². The van der Waals surface area contributed by atoms with E-state index in [-0.39, 0.29) is 29.1 Å². The number of halogens is 2. The van der Waals surface area contributed by atoms with Crippen LogP contribution >= 0.6 is 23.2 Å². The molecule has 0 aliphatic carbocycles. The molecule has 0 amide bonds. The molecule has 2 aromatic carbocycles. The quantitative estimate of drug-likeness (QED) is 0.666. The lowest BCUT2D eigenvalue weighted by Gasteiger charge is -2.15. The van der Waals surface area contributed by atoms with E-state index in [1.807, 2.05) is 24.3 Å². The van der Waals surface area contributed by atoms with Crippen molar-refractivity contribution in [2.45, 2.75) is 6.61 Å². The van der Waals surface area contributed by atoms with Crippen LogP contribution in [0.25, 0.3) is 11.1 Å². The number of nitriles is 2. The van der Waals surface area contributed by atoms with E-state index in [4.69, 9.17) is 33.7 Å². The Morgan fingerprint density at radius 2 is 1.79 bits per heavy atom. The van der Waals surface area contributed by atoms with Crippen LogP contribution in [0.3, 0.4) is 0 Å². The molecule has 1 aromatic heterocycles. The van der Waals surface area contributed by atoms with Gasteiger partial charge in [0.05, 0.1) is 0 Å². The third-order valence-electron chi connectivity index (χ3n) is 4.02. The van der Waals surface area contributed by atoms with Gasteiger partial charge in [0, 0.05) is 26.7 Å². The Kier molecular flexibility index (Phi) is 5.56. The number of anilines is 1. The van der Waals surface area contributed by atoms with Crippen molar-refractivity contribution in [3.63, 3.8) is 0 Å². The molecule has 3 N–H and O–H groups in total. The summed E-state index contributed by atoms with van der Waals surface area (Å²) in [5.41, 5.74) is 5.92. The first kappa shape index (κ1) is 19.3. The molecule has 0 aliphatic rings. The number of aromatic nitrogens is 1. The van der Waals surface area contributed by atoms with E-state index in [1.165, 1.54) is 6.07 Å². The molecule has 3 rings (SSSR count). The number of benzene rings is 2. The highest BCUT2D eigenvalue weighted by molar-refractivity contribution is 6.31. The van der Waals surface area contributed by atoms with Crippen LogP contribution in [-0.4, -0.2) is 4.98 Å². The molecular formula is C20H12Cl2N4O2. The zero-order valence-corrected chi connectivity index (χ0v) is 15.8. The number of nitrogens with two attached hydrogens (primary N) is 1. The van der Waals surface area contributed by atoms with Crippen LogP contribution in [0, 0.1) is 22.7 Å². The summed E-state index contributed by atoms with van der Waals surface area (Å²) in [6, 6.07) is 15.6. The van der Waals surface area contributed by atoms with Crippen molar-refractivity contribution in [3.05, 3.63) is 79.6 Å². The predicted octanol–water partition coefficient (Wildman–Crippen LogP) is 4.25. The van der Waals surface area contributed by atoms with Crippen LogP contribution in [0.2, 0.25) is 10.0 Å². The summed E-state index contributed by atoms with van der Waals surface area (Å²) in [6.45, 7) is 0.136. The molecule has 0 atom stereocenters. The predicted molar refractivity (Wildman–Crippen MR) is 107 cm³/mol. The minimum Gasteiger partial charge on any atom is -0.488 e. The molecule has 0 aliphatic heterocycles. The summed E-state index contributed by atoms with van der Waals surface area (Å²) in [7, 11) is 0. The number of H-pyrrole nitrogens is 1. The van der Waals surface area contributed by atoms with Gasteiger partial charge in [0.2, 0.25) is 0 Å². The second-order valence-corrected chi connectivity index (χ2v) is 6.58. The number of nitrogen functional groups attached to an aromatic ring is 1. The number of ether oxygens (including phenoxy) is 1. The van der Waals surface area contributed by atoms with Gasteiger partial charge in [0.25, 0.3) is 5.56 Å². The molecule has 0 radical (unpaired) electrons. The van der Waals surface area contributed by atoms with Crippen molar-refractivity contribution >= 4 is 29.0 Å². The average Bonchev–Trinajstić information content (AvgIpc) is 2.67. The average molecular weight is 411 g/mol. The maximum atomic E-state index is 12.2. The molecule has 0 bridgehead atoms. The molecular weight excluding hydrogens is 399 g/mol. The summed E-state index contributed by atoms with van der Waals surface area (Å²) >= 11 is 12.3. The molecule has 8 heteroatoms. The van der Waals surface area contributed by atoms with E-state index >= 15 is 0 Å². The molecule has 0 saturated heterocycles. The summed E-state index contributed by atoms with van der Waals surface area (Å²) in [4.78, 5) is 14.5. The number of nitrogens with one attached hydrogen (secondary N) is 1. The van der Waals surface area contributed by atoms with Gasteiger partial charge in [-0.3, -0.25) is 4.79 Å². The Hall–Kier alpha value is -3.45. The van der Waals surface area contributed by atoms with E-state index in [0.717, 1.165) is 5.56 Å². The lowest BCUT2D eigenvalue weighted by Crippen LogP contribution is -2.16. The van der Waals surface area contributed by atoms with E-state index in [0.29, 0.717) is 21.4 Å². The molecule has 0 spiro atoms. The number of nitrogens with zero attached hydrogens (tertiary/aromatic N) is 2. The fourth-order valence-corrected chi connectivity index (χ4v) is 3.07. The maximum absolute atomic E-state index is 12.2. The third-order valence-corrected chi connectivity index (χ3v) is 4.62. The van der Waals surface area contributed by atoms with Gasteiger partial charge in [-0.25, -0.2) is 0 Å². The summed E-state index contributed by atoms with van der Waals surface area (Å²) in [5, 5.41) is 19.9. The van der Waals surface area contributed by atoms with Gasteiger partial charge in [-0.05, 0) is 24.3 Å². The number of hydrogen-bond acceptors (Lipinski definition) is 5. The van der Waals surface area contributed by atoms with Crippen molar-refractivity contribution in [1.29, 1.82) is 10.5 Å². The lowest BCUT2D eigenvalue weighted by atomic mass is 9.96. The molecule has 0 unspecified atom stereocenters. The maximum Gasteiger partial charge on any atom is 0.268 e. The molecule has 6 nitrogen and oxygen atoms in total. The number of rotatable bonds is 4. The largest absolute Gasteiger partial charge is 0.488 e. The zero-order chi connectivity index (χ0) is 20.3. The van der Waals surface area contributed by atoms with Crippen molar-refractivity contribution in [1.82, 2.24) is 4.98 Å². The lowest BCUT2D eigenvalue weighted by molar-refractivity contribution is 0.307. The summed E-state index contributed by atoms with van der Waals surface area (Å²) in [5.74, 6) is 0.181. The summed E-state index contributed by atoms with van der Waals surface area (Å²) < 4.78 is 5.88. The standard InChI is InChI=1S/C20H12Cl2N4O2/c21-12-5-6-17(28-10-11-3-1-2-4-16(11)22)13(7-12)18-14(8-23)19(25)26-20(27)15(18)9-24/h1-7H,10H2,(H3,25,26,27). The van der Waals surface area contributed by atoms with Crippen LogP contribution in [0.5, 0.6) is 5.75 Å². The summed E-state index contributed by atoms with van der Waals surface area (Å²) in [6.07, 6.45) is 0. The number of aromatic amines is 1. The number of hydrogen-bond donors (Lipinski definition) is 2. The minimum absolute atomic E-state index is 0.0407. The fraction of sp³-hybridized carbons (Fsp3) is 0.0500. The van der Waals surface area contributed by atoms with Crippen LogP contribution in [0.4, 0.5) is 5.82 Å². The van der Waals surface area contributed by atoms with E-state index in [2.05, 4.69) is 4.98 Å². The van der Waals surface area contributed by atoms with Gasteiger partial charge in [-0.2, -0.15) is 10.5 Å². The number of pyridine rings is 1. The SMILES string of the molecule is N#Cc1c(N)[nH]c(=O)c(C#N)c1-c1cc(Cl)ccc1OCc1ccccc1Cl. The molecule has 28 heavy (non-hydrogen) atoms. The fourth-order valence-electron chi connectivity index (χ4n) is 2.71. The molecule has 0 fully saturated rings. The van der Waals surface area contributed by atoms with Gasteiger partial charge >= 0.3 is 0 Å². The van der Waals surface area contributed by atoms with Crippen molar-refractivity contribution in [3.8, 4) is 29.0 Å². The topological polar surface area (TPSA) is 116 Å². The second-order valence-electron chi connectivity index (χ2n) is 5.74. The highest BCUT2D eigenvalue weighted by Gasteiger charge is 2.21. The molecule has 3 aromatic rings. The molecule has 138 valence electrons. The van der Waals surface area contributed by atoms with Gasteiger partial charge in [0.15, 0.2) is 0 Å². The highest BCUT2D eigenvalue weighted by Crippen LogP contribution is 2.37. The Bertz CT molecular complexity index is 1210. The van der Waals surface area contributed by atoms with Gasteiger partial charge in [-0.1, -0.05) is 41.4 Å². The van der Waals surface area contributed by atoms with Crippen molar-refractivity contribution in [2.75, 3.05) is 5.73 Å². The van der Waals surface area contributed by atoms with E-state index in [9.17, 15) is 15.3 Å². The Labute approximate surface area is 170 Å². The van der Waals surface area contributed by atoms with Crippen LogP contribution in [-0.2, 0) is 6.61 Å². The highest BCUT2D eigenvalue weighted by atomic mass is 35.5. The van der Waals surface area contributed by atoms with Crippen LogP contribution < -0.4 is 16.0 Å². The van der Waals surface area contributed by atoms with E-state index in [1.54, 1.807) is 24.3 Å². The Morgan fingerprint density at radius 1 is 1.07 bits per heavy atom. The van der Waals surface area contributed by atoms with Gasteiger partial charge in [-0.15, -0.1) is 0 Å². The second kappa shape index (κ2) is 8.06. The van der Waals surface area contributed by atoms with Crippen molar-refractivity contribution in [2.24, 2.45) is 0 Å². The van der Waals surface area contributed by atoms with Crippen molar-refractivity contribution < 1.29 is 4.74 Å². The van der Waals surface area contributed by atoms with Crippen LogP contribution in [0.15, 0.2) is 47.3 Å². The first-order chi connectivity index (χ1) is 13.5. The third kappa shape index (κ3) is 3.65. The monoisotopic (exact) mass is 410 g/mol. The van der Waals surface area contributed by atoms with Gasteiger partial charge in [0.1, 0.15) is 41.4 Å². The molecule has 1 heterocycles. The minimum atomic E-state index is -0.703. The molecule has 0 saturated carbocycles. The van der Waals surface area contributed by atoms with E-state index < -0.39 is 5.56 Å². The smallest absolute Gasteiger partial charge is 0.268 e. The normalized spacial score (nSPS) is 10.1. The Morgan fingerprint density at radius 3 is 2.46 bits per heavy atom. The first-order valence-corrected chi connectivity index (χ1v) is 8.74. The van der Waals surface area contributed by atoms with Crippen LogP contribution in [0.1, 0.15) is 16.7 Å². The Balaban J connectivity index is 2.18. The zero-order valence-electron chi connectivity index (χ0n) is 14.3.